The van der Waals surface area contributed by atoms with Crippen LogP contribution in [0.3, 0.4) is 0 Å². The third-order valence-corrected chi connectivity index (χ3v) is 2.19. The van der Waals surface area contributed by atoms with Crippen molar-refractivity contribution in [2.45, 2.75) is 13.5 Å². The predicted octanol–water partition coefficient (Wildman–Crippen LogP) is 1.36. The smallest absolute Gasteiger partial charge is 0.239 e. The van der Waals surface area contributed by atoms with E-state index >= 15 is 0 Å². The van der Waals surface area contributed by atoms with E-state index < -0.39 is 0 Å². The van der Waals surface area contributed by atoms with Crippen molar-refractivity contribution < 1.29 is 4.39 Å². The molecular weight excluding hydrogens is 195 g/mol. The minimum absolute atomic E-state index is 0.227. The lowest BCUT2D eigenvalue weighted by molar-refractivity contribution is 0.622. The molecule has 0 unspecified atom stereocenters. The number of anilines is 1. The maximum atomic E-state index is 12.8. The van der Waals surface area contributed by atoms with Gasteiger partial charge in [-0.05, 0) is 30.2 Å². The summed E-state index contributed by atoms with van der Waals surface area (Å²) in [5, 5.41) is 3.96. The quantitative estimate of drug-likeness (QED) is 0.807. The molecule has 0 radical (unpaired) electrons. The molecule has 4 nitrogen and oxygen atoms in total. The number of hydrogen-bond donors (Lipinski definition) is 1. The Balaban J connectivity index is 2.24. The molecule has 1 aromatic heterocycles. The molecule has 0 aliphatic heterocycles. The number of benzene rings is 1. The van der Waals surface area contributed by atoms with Gasteiger partial charge < -0.3 is 5.73 Å². The molecule has 0 atom stereocenters. The third-order valence-electron chi connectivity index (χ3n) is 2.19. The van der Waals surface area contributed by atoms with Gasteiger partial charge in [-0.15, -0.1) is 5.10 Å². The molecular formula is C10H11FN4. The topological polar surface area (TPSA) is 56.7 Å². The first-order valence-corrected chi connectivity index (χ1v) is 4.55. The zero-order valence-corrected chi connectivity index (χ0v) is 8.31. The summed E-state index contributed by atoms with van der Waals surface area (Å²) in [7, 11) is 0. The summed E-state index contributed by atoms with van der Waals surface area (Å²) in [6.45, 7) is 2.41. The van der Waals surface area contributed by atoms with Gasteiger partial charge in [0.15, 0.2) is 0 Å². The molecule has 5 heteroatoms. The average Bonchev–Trinajstić information content (AvgIpc) is 2.56. The van der Waals surface area contributed by atoms with E-state index in [1.807, 2.05) is 6.92 Å². The molecule has 0 saturated carbocycles. The van der Waals surface area contributed by atoms with Crippen LogP contribution in [-0.2, 0) is 6.54 Å². The molecule has 78 valence electrons. The first-order valence-electron chi connectivity index (χ1n) is 4.55. The van der Waals surface area contributed by atoms with Gasteiger partial charge in [-0.1, -0.05) is 6.07 Å². The zero-order chi connectivity index (χ0) is 10.8. The van der Waals surface area contributed by atoms with Gasteiger partial charge in [0.05, 0.1) is 6.54 Å². The van der Waals surface area contributed by atoms with Crippen molar-refractivity contribution in [3.8, 4) is 0 Å². The number of hydrogen-bond acceptors (Lipinski definition) is 3. The van der Waals surface area contributed by atoms with Gasteiger partial charge >= 0.3 is 0 Å². The number of nitrogens with zero attached hydrogens (tertiary/aromatic N) is 3. The molecule has 0 fully saturated rings. The van der Waals surface area contributed by atoms with Crippen LogP contribution in [0.5, 0.6) is 0 Å². The number of nitrogens with two attached hydrogens (primary N) is 1. The summed E-state index contributed by atoms with van der Waals surface area (Å²) in [4.78, 5) is 3.82. The van der Waals surface area contributed by atoms with Gasteiger partial charge in [0, 0.05) is 0 Å². The van der Waals surface area contributed by atoms with Crippen LogP contribution < -0.4 is 5.73 Å². The Morgan fingerprint density at radius 2 is 2.27 bits per heavy atom. The van der Waals surface area contributed by atoms with E-state index in [4.69, 9.17) is 5.73 Å². The highest BCUT2D eigenvalue weighted by Crippen LogP contribution is 2.11. The molecule has 0 spiro atoms. The van der Waals surface area contributed by atoms with E-state index in [1.165, 1.54) is 12.1 Å². The van der Waals surface area contributed by atoms with Crippen molar-refractivity contribution in [3.05, 3.63) is 41.5 Å². The van der Waals surface area contributed by atoms with Crippen molar-refractivity contribution in [1.29, 1.82) is 0 Å². The van der Waals surface area contributed by atoms with Crippen molar-refractivity contribution in [2.75, 3.05) is 5.73 Å². The molecule has 2 aromatic rings. The fourth-order valence-corrected chi connectivity index (χ4v) is 1.40. The maximum absolute atomic E-state index is 12.8. The Hall–Kier alpha value is -1.91. The summed E-state index contributed by atoms with van der Waals surface area (Å²) in [6, 6.07) is 4.67. The zero-order valence-electron chi connectivity index (χ0n) is 8.31. The van der Waals surface area contributed by atoms with Gasteiger partial charge in [0.2, 0.25) is 5.95 Å². The largest absolute Gasteiger partial charge is 0.367 e. The molecule has 0 saturated heterocycles. The van der Waals surface area contributed by atoms with E-state index in [-0.39, 0.29) is 11.8 Å². The monoisotopic (exact) mass is 206 g/mol. The van der Waals surface area contributed by atoms with E-state index in [9.17, 15) is 4.39 Å². The minimum atomic E-state index is -0.227. The van der Waals surface area contributed by atoms with Crippen molar-refractivity contribution in [1.82, 2.24) is 14.8 Å². The SMILES string of the molecule is Cc1cc(F)ccc1Cn1cnc(N)n1. The first kappa shape index (κ1) is 9.64. The fourth-order valence-electron chi connectivity index (χ4n) is 1.40. The molecule has 1 aromatic carbocycles. The summed E-state index contributed by atoms with van der Waals surface area (Å²) < 4.78 is 14.5. The number of nitrogen functional groups attached to an aromatic ring is 1. The molecule has 1 heterocycles. The van der Waals surface area contributed by atoms with Gasteiger partial charge in [0.25, 0.3) is 0 Å². The molecule has 2 rings (SSSR count). The predicted molar refractivity (Wildman–Crippen MR) is 54.7 cm³/mol. The second kappa shape index (κ2) is 3.68. The molecule has 0 aliphatic rings. The highest BCUT2D eigenvalue weighted by Gasteiger charge is 2.02. The van der Waals surface area contributed by atoms with Crippen LogP contribution in [0.2, 0.25) is 0 Å². The Morgan fingerprint density at radius 3 is 2.87 bits per heavy atom. The van der Waals surface area contributed by atoms with Crippen LogP contribution in [0, 0.1) is 12.7 Å². The van der Waals surface area contributed by atoms with Gasteiger partial charge in [-0.2, -0.15) is 0 Å². The normalized spacial score (nSPS) is 10.5. The molecule has 0 bridgehead atoms. The Labute approximate surface area is 86.6 Å². The summed E-state index contributed by atoms with van der Waals surface area (Å²) >= 11 is 0. The van der Waals surface area contributed by atoms with Gasteiger partial charge in [0.1, 0.15) is 12.1 Å². The number of aryl methyl sites for hydroxylation is 1. The van der Waals surface area contributed by atoms with E-state index in [1.54, 1.807) is 17.1 Å². The van der Waals surface area contributed by atoms with E-state index in [0.717, 1.165) is 11.1 Å². The van der Waals surface area contributed by atoms with Crippen molar-refractivity contribution >= 4 is 5.95 Å². The van der Waals surface area contributed by atoms with E-state index in [2.05, 4.69) is 10.1 Å². The summed E-state index contributed by atoms with van der Waals surface area (Å²) in [5.41, 5.74) is 7.29. The molecule has 2 N–H and O–H groups in total. The van der Waals surface area contributed by atoms with Gasteiger partial charge in [-0.3, -0.25) is 0 Å². The summed E-state index contributed by atoms with van der Waals surface area (Å²) in [6.07, 6.45) is 1.55. The van der Waals surface area contributed by atoms with Crippen LogP contribution in [0.15, 0.2) is 24.5 Å². The Morgan fingerprint density at radius 1 is 1.47 bits per heavy atom. The second-order valence-corrected chi connectivity index (χ2v) is 3.37. The number of rotatable bonds is 2. The van der Waals surface area contributed by atoms with E-state index in [0.29, 0.717) is 6.54 Å². The highest BCUT2D eigenvalue weighted by atomic mass is 19.1. The van der Waals surface area contributed by atoms with Crippen LogP contribution in [0.1, 0.15) is 11.1 Å². The first-order chi connectivity index (χ1) is 7.15. The van der Waals surface area contributed by atoms with Crippen molar-refractivity contribution in [3.63, 3.8) is 0 Å². The fraction of sp³-hybridized carbons (Fsp3) is 0.200. The molecule has 15 heavy (non-hydrogen) atoms. The summed E-state index contributed by atoms with van der Waals surface area (Å²) in [5.74, 6) is 0.0177. The molecule has 0 aliphatic carbocycles. The van der Waals surface area contributed by atoms with Crippen LogP contribution >= 0.6 is 0 Å². The molecule has 0 amide bonds. The van der Waals surface area contributed by atoms with Crippen molar-refractivity contribution in [2.24, 2.45) is 0 Å². The number of aromatic nitrogens is 3. The lowest BCUT2D eigenvalue weighted by Gasteiger charge is -2.04. The lowest BCUT2D eigenvalue weighted by Crippen LogP contribution is -2.03. The Bertz CT molecular complexity index is 478. The second-order valence-electron chi connectivity index (χ2n) is 3.37. The van der Waals surface area contributed by atoms with Crippen LogP contribution in [0.4, 0.5) is 10.3 Å². The highest BCUT2D eigenvalue weighted by molar-refractivity contribution is 5.26. The third kappa shape index (κ3) is 2.12. The van der Waals surface area contributed by atoms with Crippen LogP contribution in [-0.4, -0.2) is 14.8 Å². The van der Waals surface area contributed by atoms with Gasteiger partial charge in [-0.25, -0.2) is 14.1 Å². The Kier molecular flexibility index (Phi) is 2.37. The van der Waals surface area contributed by atoms with Crippen LogP contribution in [0.25, 0.3) is 0 Å². The number of halogens is 1. The maximum Gasteiger partial charge on any atom is 0.239 e. The average molecular weight is 206 g/mol. The standard InChI is InChI=1S/C10H11FN4/c1-7-4-9(11)3-2-8(7)5-15-6-13-10(12)14-15/h2-4,6H,5H2,1H3,(H2,12,14). The lowest BCUT2D eigenvalue weighted by atomic mass is 10.1. The minimum Gasteiger partial charge on any atom is -0.367 e.